The van der Waals surface area contributed by atoms with Gasteiger partial charge in [-0.3, -0.25) is 9.59 Å². The van der Waals surface area contributed by atoms with Crippen LogP contribution in [0.5, 0.6) is 0 Å². The molecule has 0 aromatic heterocycles. The highest BCUT2D eigenvalue weighted by molar-refractivity contribution is 7.80. The standard InChI is InChI=1S/C29H40ClN3O4S/c1-9-20(5)33(27(35)23(16-38)31-28(36)37-29(6,7)8)25(21-15-17(2)13-14-18(21)3)26(34)32-24-19(4)11-10-12-22(24)30/h10-15,20,23,25,38H,9,16H2,1-8H3,(H,31,36)(H,32,34). The summed E-state index contributed by atoms with van der Waals surface area (Å²) in [6, 6.07) is 8.84. The molecule has 0 aliphatic heterocycles. The number of carbonyl (C=O) groups is 3. The molecule has 0 fully saturated rings. The highest BCUT2D eigenvalue weighted by Crippen LogP contribution is 2.32. The van der Waals surface area contributed by atoms with Crippen molar-refractivity contribution in [2.24, 2.45) is 0 Å². The molecule has 3 atom stereocenters. The number of benzene rings is 2. The zero-order valence-corrected chi connectivity index (χ0v) is 25.2. The summed E-state index contributed by atoms with van der Waals surface area (Å²) in [4.78, 5) is 42.2. The maximum Gasteiger partial charge on any atom is 0.408 e. The zero-order valence-electron chi connectivity index (χ0n) is 23.5. The van der Waals surface area contributed by atoms with Crippen LogP contribution in [0, 0.1) is 20.8 Å². The SMILES string of the molecule is CCC(C)N(C(=O)C(CS)NC(=O)OC(C)(C)C)C(C(=O)Nc1c(C)cccc1Cl)c1cc(C)ccc1C. The second kappa shape index (κ2) is 13.4. The molecular weight excluding hydrogens is 522 g/mol. The first-order chi connectivity index (χ1) is 17.7. The summed E-state index contributed by atoms with van der Waals surface area (Å²) in [6.45, 7) is 14.8. The smallest absolute Gasteiger partial charge is 0.408 e. The van der Waals surface area contributed by atoms with E-state index in [-0.39, 0.29) is 11.8 Å². The van der Waals surface area contributed by atoms with E-state index in [0.29, 0.717) is 22.7 Å². The van der Waals surface area contributed by atoms with E-state index < -0.39 is 35.6 Å². The van der Waals surface area contributed by atoms with Crippen LogP contribution in [0.4, 0.5) is 10.5 Å². The number of hydrogen-bond acceptors (Lipinski definition) is 5. The number of alkyl carbamates (subject to hydrolysis) is 1. The Labute approximate surface area is 237 Å². The molecule has 2 N–H and O–H groups in total. The first-order valence-electron chi connectivity index (χ1n) is 12.8. The number of anilines is 1. The Hall–Kier alpha value is -2.71. The summed E-state index contributed by atoms with van der Waals surface area (Å²) in [5.74, 6) is -0.814. The summed E-state index contributed by atoms with van der Waals surface area (Å²) in [6.07, 6.45) is -0.148. The Morgan fingerprint density at radius 3 is 2.29 bits per heavy atom. The van der Waals surface area contributed by atoms with Crippen molar-refractivity contribution < 1.29 is 19.1 Å². The number of thiol groups is 1. The quantitative estimate of drug-likeness (QED) is 0.309. The molecule has 0 aliphatic carbocycles. The molecule has 2 aromatic carbocycles. The second-order valence-corrected chi connectivity index (χ2v) is 11.3. The van der Waals surface area contributed by atoms with Crippen molar-refractivity contribution in [3.05, 3.63) is 63.7 Å². The highest BCUT2D eigenvalue weighted by atomic mass is 35.5. The minimum absolute atomic E-state index is 0.0236. The lowest BCUT2D eigenvalue weighted by molar-refractivity contribution is -0.143. The molecule has 9 heteroatoms. The van der Waals surface area contributed by atoms with Crippen molar-refractivity contribution in [1.82, 2.24) is 10.2 Å². The van der Waals surface area contributed by atoms with Gasteiger partial charge in [0.05, 0.1) is 10.7 Å². The van der Waals surface area contributed by atoms with Gasteiger partial charge in [0, 0.05) is 11.8 Å². The van der Waals surface area contributed by atoms with E-state index in [2.05, 4.69) is 23.3 Å². The van der Waals surface area contributed by atoms with Crippen molar-refractivity contribution in [2.45, 2.75) is 85.5 Å². The summed E-state index contributed by atoms with van der Waals surface area (Å²) >= 11 is 10.8. The second-order valence-electron chi connectivity index (χ2n) is 10.6. The number of para-hydroxylation sites is 1. The van der Waals surface area contributed by atoms with E-state index >= 15 is 0 Å². The first-order valence-corrected chi connectivity index (χ1v) is 13.8. The van der Waals surface area contributed by atoms with Crippen LogP contribution >= 0.6 is 24.2 Å². The maximum absolute atomic E-state index is 14.1. The minimum Gasteiger partial charge on any atom is -0.444 e. The Kier molecular flexibility index (Phi) is 11.1. The van der Waals surface area contributed by atoms with Crippen LogP contribution in [-0.4, -0.2) is 46.2 Å². The van der Waals surface area contributed by atoms with Crippen molar-refractivity contribution in [1.29, 1.82) is 0 Å². The number of amides is 3. The van der Waals surface area contributed by atoms with E-state index in [1.165, 1.54) is 0 Å². The van der Waals surface area contributed by atoms with Crippen LogP contribution < -0.4 is 10.6 Å². The molecule has 3 amide bonds. The number of carbonyl (C=O) groups excluding carboxylic acids is 3. The molecule has 7 nitrogen and oxygen atoms in total. The topological polar surface area (TPSA) is 87.7 Å². The van der Waals surface area contributed by atoms with Crippen LogP contribution in [0.1, 0.15) is 69.3 Å². The molecule has 0 aliphatic rings. The fraction of sp³-hybridized carbons (Fsp3) is 0.483. The molecule has 0 radical (unpaired) electrons. The Morgan fingerprint density at radius 1 is 1.08 bits per heavy atom. The van der Waals surface area contributed by atoms with Crippen LogP contribution in [0.25, 0.3) is 0 Å². The Morgan fingerprint density at radius 2 is 1.74 bits per heavy atom. The van der Waals surface area contributed by atoms with E-state index in [0.717, 1.165) is 16.7 Å². The summed E-state index contributed by atoms with van der Waals surface area (Å²) < 4.78 is 5.37. The molecule has 0 bridgehead atoms. The number of hydrogen-bond donors (Lipinski definition) is 3. The lowest BCUT2D eigenvalue weighted by Gasteiger charge is -2.38. The van der Waals surface area contributed by atoms with Gasteiger partial charge in [-0.1, -0.05) is 54.4 Å². The predicted molar refractivity (Wildman–Crippen MR) is 157 cm³/mol. The molecule has 38 heavy (non-hydrogen) atoms. The third kappa shape index (κ3) is 8.14. The molecule has 2 rings (SSSR count). The third-order valence-corrected chi connectivity index (χ3v) is 6.90. The van der Waals surface area contributed by atoms with E-state index in [9.17, 15) is 14.4 Å². The highest BCUT2D eigenvalue weighted by Gasteiger charge is 2.39. The number of nitrogens with zero attached hydrogens (tertiary/aromatic N) is 1. The lowest BCUT2D eigenvalue weighted by atomic mass is 9.94. The van der Waals surface area contributed by atoms with Gasteiger partial charge in [-0.15, -0.1) is 0 Å². The third-order valence-electron chi connectivity index (χ3n) is 6.22. The lowest BCUT2D eigenvalue weighted by Crippen LogP contribution is -2.55. The van der Waals surface area contributed by atoms with E-state index in [1.54, 1.807) is 31.7 Å². The van der Waals surface area contributed by atoms with Crippen molar-refractivity contribution in [2.75, 3.05) is 11.1 Å². The number of nitrogens with one attached hydrogen (secondary N) is 2. The molecule has 0 saturated heterocycles. The predicted octanol–water partition coefficient (Wildman–Crippen LogP) is 6.40. The first kappa shape index (κ1) is 31.5. The van der Waals surface area contributed by atoms with E-state index in [4.69, 9.17) is 16.3 Å². The van der Waals surface area contributed by atoms with Gasteiger partial charge in [-0.2, -0.15) is 12.6 Å². The van der Waals surface area contributed by atoms with Crippen LogP contribution in [0.3, 0.4) is 0 Å². The summed E-state index contributed by atoms with van der Waals surface area (Å²) in [5.41, 5.74) is 3.05. The van der Waals surface area contributed by atoms with Gasteiger partial charge in [0.25, 0.3) is 5.91 Å². The molecule has 0 spiro atoms. The molecule has 208 valence electrons. The molecule has 3 unspecified atom stereocenters. The number of rotatable bonds is 9. The van der Waals surface area contributed by atoms with Crippen LogP contribution in [0.2, 0.25) is 5.02 Å². The Balaban J connectivity index is 2.62. The van der Waals surface area contributed by atoms with Gasteiger partial charge in [0.15, 0.2) is 0 Å². The molecule has 0 heterocycles. The number of halogens is 1. The summed E-state index contributed by atoms with van der Waals surface area (Å²) in [7, 11) is 0. The van der Waals surface area contributed by atoms with Gasteiger partial charge in [0.1, 0.15) is 17.7 Å². The van der Waals surface area contributed by atoms with Gasteiger partial charge in [-0.05, 0) is 77.6 Å². The fourth-order valence-corrected chi connectivity index (χ4v) is 4.58. The van der Waals surface area contributed by atoms with Crippen molar-refractivity contribution in [3.63, 3.8) is 0 Å². The molecular formula is C29H40ClN3O4S. The number of ether oxygens (including phenoxy) is 1. The van der Waals surface area contributed by atoms with Gasteiger partial charge in [-0.25, -0.2) is 4.79 Å². The summed E-state index contributed by atoms with van der Waals surface area (Å²) in [5, 5.41) is 6.01. The van der Waals surface area contributed by atoms with E-state index in [1.807, 2.05) is 65.0 Å². The van der Waals surface area contributed by atoms with Gasteiger partial charge >= 0.3 is 6.09 Å². The van der Waals surface area contributed by atoms with Crippen molar-refractivity contribution >= 4 is 47.8 Å². The van der Waals surface area contributed by atoms with Gasteiger partial charge in [0.2, 0.25) is 5.91 Å². The molecule has 2 aromatic rings. The monoisotopic (exact) mass is 561 g/mol. The number of aryl methyl sites for hydroxylation is 3. The maximum atomic E-state index is 14.1. The Bertz CT molecular complexity index is 1140. The zero-order chi connectivity index (χ0) is 28.8. The molecule has 0 saturated carbocycles. The largest absolute Gasteiger partial charge is 0.444 e. The van der Waals surface area contributed by atoms with Crippen LogP contribution in [0.15, 0.2) is 36.4 Å². The normalized spacial score (nSPS) is 13.7. The average Bonchev–Trinajstić information content (AvgIpc) is 2.83. The van der Waals surface area contributed by atoms with Crippen LogP contribution in [-0.2, 0) is 14.3 Å². The minimum atomic E-state index is -1.01. The fourth-order valence-electron chi connectivity index (χ4n) is 4.06. The average molecular weight is 562 g/mol. The van der Waals surface area contributed by atoms with Crippen molar-refractivity contribution in [3.8, 4) is 0 Å². The van der Waals surface area contributed by atoms with Gasteiger partial charge < -0.3 is 20.3 Å².